The van der Waals surface area contributed by atoms with Crippen molar-refractivity contribution in [2.45, 2.75) is 58.4 Å². The molecule has 1 aliphatic heterocycles. The molecule has 1 aromatic carbocycles. The molecule has 1 saturated heterocycles. The number of fused-ring (bicyclic) bond motifs is 3. The summed E-state index contributed by atoms with van der Waals surface area (Å²) in [7, 11) is 1.62. The molecule has 6 heteroatoms. The Kier molecular flexibility index (Phi) is 5.11. The summed E-state index contributed by atoms with van der Waals surface area (Å²) in [5, 5.41) is 10.5. The SMILES string of the molecule is COc1c(/C(C)=C/C(=O)N2CCCC2C(=O)O)cc2c3c(oc2c1C)CCCC3. The van der Waals surface area contributed by atoms with Crippen LogP contribution in [0.4, 0.5) is 0 Å². The number of rotatable bonds is 4. The number of ether oxygens (including phenoxy) is 1. The van der Waals surface area contributed by atoms with Crippen molar-refractivity contribution in [1.29, 1.82) is 0 Å². The van der Waals surface area contributed by atoms with Gasteiger partial charge in [-0.15, -0.1) is 0 Å². The Labute approximate surface area is 170 Å². The largest absolute Gasteiger partial charge is 0.496 e. The lowest BCUT2D eigenvalue weighted by Gasteiger charge is -2.20. The number of likely N-dealkylation sites (tertiary alicyclic amines) is 1. The first kappa shape index (κ1) is 19.6. The third-order valence-electron chi connectivity index (χ3n) is 6.22. The maximum Gasteiger partial charge on any atom is 0.326 e. The van der Waals surface area contributed by atoms with Crippen LogP contribution < -0.4 is 4.74 Å². The zero-order valence-corrected chi connectivity index (χ0v) is 17.2. The Bertz CT molecular complexity index is 1020. The molecule has 1 aliphatic carbocycles. The molecule has 1 atom stereocenters. The quantitative estimate of drug-likeness (QED) is 0.786. The number of benzene rings is 1. The topological polar surface area (TPSA) is 80.0 Å². The smallest absolute Gasteiger partial charge is 0.326 e. The summed E-state index contributed by atoms with van der Waals surface area (Å²) in [6.45, 7) is 4.33. The van der Waals surface area contributed by atoms with E-state index >= 15 is 0 Å². The zero-order chi connectivity index (χ0) is 20.7. The van der Waals surface area contributed by atoms with Crippen molar-refractivity contribution in [1.82, 2.24) is 4.90 Å². The molecule has 0 radical (unpaired) electrons. The maximum atomic E-state index is 12.8. The molecule has 6 nitrogen and oxygen atoms in total. The van der Waals surface area contributed by atoms with Crippen LogP contribution in [0.5, 0.6) is 5.75 Å². The Balaban J connectivity index is 1.77. The predicted molar refractivity (Wildman–Crippen MR) is 110 cm³/mol. The van der Waals surface area contributed by atoms with Gasteiger partial charge in [-0.1, -0.05) is 0 Å². The highest BCUT2D eigenvalue weighted by atomic mass is 16.5. The van der Waals surface area contributed by atoms with Crippen molar-refractivity contribution in [2.75, 3.05) is 13.7 Å². The standard InChI is InChI=1S/C23H27NO5/c1-13(11-20(25)24-10-6-8-18(24)23(26)27)16-12-17-15-7-4-5-9-19(15)29-22(17)14(2)21(16)28-3/h11-12,18H,4-10H2,1-3H3,(H,26,27)/b13-11+. The van der Waals surface area contributed by atoms with Crippen LogP contribution >= 0.6 is 0 Å². The van der Waals surface area contributed by atoms with Crippen LogP contribution in [0.25, 0.3) is 16.5 Å². The second-order valence-corrected chi connectivity index (χ2v) is 8.03. The predicted octanol–water partition coefficient (Wildman–Crippen LogP) is 4.11. The van der Waals surface area contributed by atoms with Crippen molar-refractivity contribution in [2.24, 2.45) is 0 Å². The van der Waals surface area contributed by atoms with E-state index in [9.17, 15) is 14.7 Å². The van der Waals surface area contributed by atoms with Gasteiger partial charge in [0.05, 0.1) is 7.11 Å². The van der Waals surface area contributed by atoms with Crippen LogP contribution in [0.3, 0.4) is 0 Å². The highest BCUT2D eigenvalue weighted by Crippen LogP contribution is 2.41. The monoisotopic (exact) mass is 397 g/mol. The highest BCUT2D eigenvalue weighted by molar-refractivity contribution is 6.00. The normalized spacial score (nSPS) is 19.5. The molecule has 0 spiro atoms. The van der Waals surface area contributed by atoms with E-state index in [1.807, 2.05) is 13.8 Å². The molecule has 2 heterocycles. The average molecular weight is 397 g/mol. The number of carboxylic acids is 1. The average Bonchev–Trinajstić information content (AvgIpc) is 3.33. The number of nitrogens with zero attached hydrogens (tertiary/aromatic N) is 1. The minimum absolute atomic E-state index is 0.263. The lowest BCUT2D eigenvalue weighted by Crippen LogP contribution is -2.39. The Morgan fingerprint density at radius 1 is 1.28 bits per heavy atom. The van der Waals surface area contributed by atoms with E-state index in [0.29, 0.717) is 25.1 Å². The summed E-state index contributed by atoms with van der Waals surface area (Å²) in [6, 6.07) is 1.32. The van der Waals surface area contributed by atoms with Gasteiger partial charge in [-0.2, -0.15) is 0 Å². The van der Waals surface area contributed by atoms with E-state index in [4.69, 9.17) is 9.15 Å². The Morgan fingerprint density at radius 3 is 2.76 bits per heavy atom. The molecule has 154 valence electrons. The van der Waals surface area contributed by atoms with Gasteiger partial charge in [0.25, 0.3) is 0 Å². The molecular formula is C23H27NO5. The number of aryl methyl sites for hydroxylation is 3. The third kappa shape index (κ3) is 3.30. The van der Waals surface area contributed by atoms with Crippen molar-refractivity contribution >= 4 is 28.4 Å². The van der Waals surface area contributed by atoms with Crippen molar-refractivity contribution in [3.63, 3.8) is 0 Å². The van der Waals surface area contributed by atoms with Crippen molar-refractivity contribution < 1.29 is 23.8 Å². The molecule has 0 saturated carbocycles. The summed E-state index contributed by atoms with van der Waals surface area (Å²) in [6.07, 6.45) is 7.01. The maximum absolute atomic E-state index is 12.8. The second kappa shape index (κ2) is 7.58. The van der Waals surface area contributed by atoms with Crippen LogP contribution in [-0.2, 0) is 22.4 Å². The number of allylic oxidation sites excluding steroid dienone is 1. The van der Waals surface area contributed by atoms with Gasteiger partial charge >= 0.3 is 5.97 Å². The van der Waals surface area contributed by atoms with Gasteiger partial charge in [0, 0.05) is 41.1 Å². The van der Waals surface area contributed by atoms with E-state index in [1.165, 1.54) is 16.5 Å². The molecule has 1 aromatic heterocycles. The molecule has 2 aliphatic rings. The fourth-order valence-electron chi connectivity index (χ4n) is 4.73. The first-order chi connectivity index (χ1) is 13.9. The van der Waals surface area contributed by atoms with Gasteiger partial charge in [0.15, 0.2) is 0 Å². The molecule has 1 amide bonds. The Hall–Kier alpha value is -2.76. The van der Waals surface area contributed by atoms with Gasteiger partial charge in [-0.05, 0) is 57.6 Å². The summed E-state index contributed by atoms with van der Waals surface area (Å²) < 4.78 is 11.8. The van der Waals surface area contributed by atoms with Crippen LogP contribution in [0.1, 0.15) is 55.1 Å². The van der Waals surface area contributed by atoms with Crippen molar-refractivity contribution in [3.8, 4) is 5.75 Å². The van der Waals surface area contributed by atoms with Gasteiger partial charge in [0.1, 0.15) is 23.1 Å². The van der Waals surface area contributed by atoms with Crippen LogP contribution in [-0.4, -0.2) is 41.6 Å². The van der Waals surface area contributed by atoms with Gasteiger partial charge < -0.3 is 19.2 Å². The third-order valence-corrected chi connectivity index (χ3v) is 6.22. The number of hydrogen-bond acceptors (Lipinski definition) is 4. The highest BCUT2D eigenvalue weighted by Gasteiger charge is 2.33. The van der Waals surface area contributed by atoms with Crippen molar-refractivity contribution in [3.05, 3.63) is 34.6 Å². The molecule has 4 rings (SSSR count). The van der Waals surface area contributed by atoms with E-state index in [1.54, 1.807) is 7.11 Å². The minimum atomic E-state index is -0.943. The van der Waals surface area contributed by atoms with E-state index in [0.717, 1.165) is 59.1 Å². The van der Waals surface area contributed by atoms with Crippen LogP contribution in [0.2, 0.25) is 0 Å². The van der Waals surface area contributed by atoms with E-state index in [-0.39, 0.29) is 5.91 Å². The number of carbonyl (C=O) groups is 2. The van der Waals surface area contributed by atoms with E-state index < -0.39 is 12.0 Å². The second-order valence-electron chi connectivity index (χ2n) is 8.03. The fourth-order valence-corrected chi connectivity index (χ4v) is 4.73. The molecule has 1 fully saturated rings. The van der Waals surface area contributed by atoms with Gasteiger partial charge in [-0.25, -0.2) is 4.79 Å². The number of hydrogen-bond donors (Lipinski definition) is 1. The van der Waals surface area contributed by atoms with Crippen LogP contribution in [0, 0.1) is 6.92 Å². The molecule has 1 N–H and O–H groups in total. The number of furan rings is 1. The molecular weight excluding hydrogens is 370 g/mol. The molecule has 2 aromatic rings. The zero-order valence-electron chi connectivity index (χ0n) is 17.2. The molecule has 1 unspecified atom stereocenters. The van der Waals surface area contributed by atoms with Gasteiger partial charge in [0.2, 0.25) is 5.91 Å². The summed E-state index contributed by atoms with van der Waals surface area (Å²) in [5.41, 5.74) is 4.67. The lowest BCUT2D eigenvalue weighted by atomic mass is 9.93. The number of carboxylic acid groups (broad SMARTS) is 1. The number of aliphatic carboxylic acids is 1. The summed E-state index contributed by atoms with van der Waals surface area (Å²) >= 11 is 0. The summed E-state index contributed by atoms with van der Waals surface area (Å²) in [4.78, 5) is 25.7. The summed E-state index contributed by atoms with van der Waals surface area (Å²) in [5.74, 6) is 0.553. The van der Waals surface area contributed by atoms with Gasteiger partial charge in [-0.3, -0.25) is 4.79 Å². The first-order valence-corrected chi connectivity index (χ1v) is 10.3. The number of methoxy groups -OCH3 is 1. The fraction of sp³-hybridized carbons (Fsp3) is 0.478. The first-order valence-electron chi connectivity index (χ1n) is 10.3. The lowest BCUT2D eigenvalue weighted by molar-refractivity contribution is -0.146. The number of amides is 1. The Morgan fingerprint density at radius 2 is 2.03 bits per heavy atom. The molecule has 29 heavy (non-hydrogen) atoms. The molecule has 0 bridgehead atoms. The minimum Gasteiger partial charge on any atom is -0.496 e. The number of carbonyl (C=O) groups excluding carboxylic acids is 1. The van der Waals surface area contributed by atoms with E-state index in [2.05, 4.69) is 6.07 Å². The van der Waals surface area contributed by atoms with Crippen LogP contribution in [0.15, 0.2) is 16.6 Å².